The quantitative estimate of drug-likeness (QED) is 0.556. The summed E-state index contributed by atoms with van der Waals surface area (Å²) in [5, 5.41) is 3.18. The fraction of sp³-hybridized carbons (Fsp3) is 0.364. The van der Waals surface area contributed by atoms with Gasteiger partial charge in [0.25, 0.3) is 0 Å². The van der Waals surface area contributed by atoms with Crippen molar-refractivity contribution in [3.05, 3.63) is 48.0 Å². The number of hydrogen-bond acceptors (Lipinski definition) is 6. The van der Waals surface area contributed by atoms with Gasteiger partial charge in [-0.15, -0.1) is 11.3 Å². The van der Waals surface area contributed by atoms with Crippen LogP contribution < -0.4 is 14.8 Å². The van der Waals surface area contributed by atoms with Gasteiger partial charge in [-0.3, -0.25) is 4.79 Å². The molecule has 0 saturated heterocycles. The molecule has 1 aliphatic heterocycles. The molecule has 2 aromatic carbocycles. The maximum absolute atomic E-state index is 12.7. The van der Waals surface area contributed by atoms with E-state index in [-0.39, 0.29) is 17.9 Å². The number of aromatic nitrogens is 1. The molecule has 1 aliphatic rings. The second-order valence-electron chi connectivity index (χ2n) is 7.28. The zero-order chi connectivity index (χ0) is 20.2. The summed E-state index contributed by atoms with van der Waals surface area (Å²) in [4.78, 5) is 17.2. The van der Waals surface area contributed by atoms with E-state index < -0.39 is 0 Å². The lowest BCUT2D eigenvalue weighted by Gasteiger charge is -2.23. The number of nitrogens with one attached hydrogen (secondary N) is 1. The van der Waals surface area contributed by atoms with Crippen LogP contribution in [0.15, 0.2) is 46.8 Å². The predicted molar refractivity (Wildman–Crippen MR) is 118 cm³/mol. The molecule has 152 valence electrons. The van der Waals surface area contributed by atoms with Crippen LogP contribution in [0.3, 0.4) is 0 Å². The second-order valence-corrected chi connectivity index (χ2v) is 9.54. The summed E-state index contributed by atoms with van der Waals surface area (Å²) in [6.07, 6.45) is 0.872. The number of fused-ring (bicyclic) bond motifs is 2. The molecule has 29 heavy (non-hydrogen) atoms. The molecular formula is C22H24N2O3S2. The third kappa shape index (κ3) is 4.85. The number of thiazole rings is 1. The molecule has 1 N–H and O–H groups in total. The summed E-state index contributed by atoms with van der Waals surface area (Å²) >= 11 is 3.10. The van der Waals surface area contributed by atoms with Gasteiger partial charge < -0.3 is 14.8 Å². The van der Waals surface area contributed by atoms with Crippen molar-refractivity contribution < 1.29 is 14.3 Å². The molecular weight excluding hydrogens is 404 g/mol. The van der Waals surface area contributed by atoms with Crippen LogP contribution in [0.5, 0.6) is 11.5 Å². The van der Waals surface area contributed by atoms with E-state index in [1.165, 1.54) is 11.8 Å². The lowest BCUT2D eigenvalue weighted by atomic mass is 9.95. The summed E-state index contributed by atoms with van der Waals surface area (Å²) in [6, 6.07) is 13.9. The summed E-state index contributed by atoms with van der Waals surface area (Å²) in [5.41, 5.74) is 2.01. The van der Waals surface area contributed by atoms with Crippen molar-refractivity contribution in [2.24, 2.45) is 5.92 Å². The van der Waals surface area contributed by atoms with Crippen molar-refractivity contribution in [2.45, 2.75) is 30.6 Å². The maximum atomic E-state index is 12.7. The van der Waals surface area contributed by atoms with Crippen molar-refractivity contribution in [1.29, 1.82) is 0 Å². The van der Waals surface area contributed by atoms with Crippen molar-refractivity contribution in [3.63, 3.8) is 0 Å². The molecule has 0 saturated carbocycles. The minimum absolute atomic E-state index is 0.0000624. The SMILES string of the molecule is CC(C)[C@H](NC(=O)CSc1nc2ccccc2s1)c1ccc2c(c1)OCCCO2. The third-order valence-electron chi connectivity index (χ3n) is 4.71. The van der Waals surface area contributed by atoms with Gasteiger partial charge in [0.15, 0.2) is 15.8 Å². The van der Waals surface area contributed by atoms with Crippen molar-refractivity contribution in [3.8, 4) is 11.5 Å². The van der Waals surface area contributed by atoms with E-state index in [1.807, 2.05) is 36.4 Å². The van der Waals surface area contributed by atoms with Crippen molar-refractivity contribution >= 4 is 39.2 Å². The fourth-order valence-electron chi connectivity index (χ4n) is 3.26. The summed E-state index contributed by atoms with van der Waals surface area (Å²) in [5.74, 6) is 2.11. The Morgan fingerprint density at radius 3 is 2.76 bits per heavy atom. The molecule has 0 radical (unpaired) electrons. The molecule has 1 aromatic heterocycles. The molecule has 2 heterocycles. The van der Waals surface area contributed by atoms with Crippen LogP contribution >= 0.6 is 23.1 Å². The number of carbonyl (C=O) groups is 1. The molecule has 1 amide bonds. The van der Waals surface area contributed by atoms with Crippen LogP contribution in [0, 0.1) is 5.92 Å². The van der Waals surface area contributed by atoms with Crippen LogP contribution in [0.25, 0.3) is 10.2 Å². The van der Waals surface area contributed by atoms with Crippen LogP contribution in [-0.4, -0.2) is 29.9 Å². The maximum Gasteiger partial charge on any atom is 0.230 e. The Bertz CT molecular complexity index is 970. The number of benzene rings is 2. The Hall–Kier alpha value is -2.25. The van der Waals surface area contributed by atoms with Gasteiger partial charge in [0.1, 0.15) is 0 Å². The Balaban J connectivity index is 1.42. The summed E-state index contributed by atoms with van der Waals surface area (Å²) in [6.45, 7) is 5.52. The zero-order valence-corrected chi connectivity index (χ0v) is 18.1. The normalized spacial score (nSPS) is 14.6. The topological polar surface area (TPSA) is 60.5 Å². The van der Waals surface area contributed by atoms with Gasteiger partial charge in [-0.05, 0) is 35.7 Å². The number of hydrogen-bond donors (Lipinski definition) is 1. The largest absolute Gasteiger partial charge is 0.490 e. The van der Waals surface area contributed by atoms with E-state index in [0.717, 1.165) is 38.0 Å². The van der Waals surface area contributed by atoms with Crippen molar-refractivity contribution in [2.75, 3.05) is 19.0 Å². The van der Waals surface area contributed by atoms with E-state index in [9.17, 15) is 4.79 Å². The number of rotatable bonds is 6. The Kier molecular flexibility index (Phi) is 6.25. The molecule has 7 heteroatoms. The minimum Gasteiger partial charge on any atom is -0.490 e. The van der Waals surface area contributed by atoms with Gasteiger partial charge in [0.05, 0.1) is 35.2 Å². The highest BCUT2D eigenvalue weighted by Crippen LogP contribution is 2.34. The Labute approximate surface area is 178 Å². The molecule has 4 rings (SSSR count). The van der Waals surface area contributed by atoms with E-state index in [1.54, 1.807) is 11.3 Å². The molecule has 0 spiro atoms. The van der Waals surface area contributed by atoms with E-state index in [0.29, 0.717) is 19.0 Å². The first kappa shape index (κ1) is 20.0. The van der Waals surface area contributed by atoms with Gasteiger partial charge in [-0.2, -0.15) is 0 Å². The average Bonchev–Trinajstić information content (AvgIpc) is 2.99. The lowest BCUT2D eigenvalue weighted by molar-refractivity contribution is -0.119. The van der Waals surface area contributed by atoms with Gasteiger partial charge in [0, 0.05) is 6.42 Å². The van der Waals surface area contributed by atoms with Crippen LogP contribution in [0.2, 0.25) is 0 Å². The van der Waals surface area contributed by atoms with Crippen molar-refractivity contribution in [1.82, 2.24) is 10.3 Å². The molecule has 0 fully saturated rings. The highest BCUT2D eigenvalue weighted by Gasteiger charge is 2.21. The Morgan fingerprint density at radius 1 is 1.17 bits per heavy atom. The first-order valence-corrected chi connectivity index (χ1v) is 11.6. The van der Waals surface area contributed by atoms with Crippen LogP contribution in [0.1, 0.15) is 31.9 Å². The number of para-hydroxylation sites is 1. The Morgan fingerprint density at radius 2 is 1.97 bits per heavy atom. The molecule has 0 aliphatic carbocycles. The molecule has 1 atom stereocenters. The van der Waals surface area contributed by atoms with Crippen LogP contribution in [0.4, 0.5) is 0 Å². The number of thioether (sulfide) groups is 1. The monoisotopic (exact) mass is 428 g/mol. The summed E-state index contributed by atoms with van der Waals surface area (Å²) < 4.78 is 13.6. The highest BCUT2D eigenvalue weighted by atomic mass is 32.2. The van der Waals surface area contributed by atoms with E-state index >= 15 is 0 Å². The lowest BCUT2D eigenvalue weighted by Crippen LogP contribution is -2.33. The molecule has 0 bridgehead atoms. The number of nitrogens with zero attached hydrogens (tertiary/aromatic N) is 1. The smallest absolute Gasteiger partial charge is 0.230 e. The molecule has 0 unspecified atom stereocenters. The number of ether oxygens (including phenoxy) is 2. The highest BCUT2D eigenvalue weighted by molar-refractivity contribution is 8.01. The summed E-state index contributed by atoms with van der Waals surface area (Å²) in [7, 11) is 0. The minimum atomic E-state index is -0.0874. The second kappa shape index (κ2) is 9.05. The molecule has 5 nitrogen and oxygen atoms in total. The zero-order valence-electron chi connectivity index (χ0n) is 16.5. The van der Waals surface area contributed by atoms with E-state index in [2.05, 4.69) is 30.2 Å². The number of amides is 1. The third-order valence-corrected chi connectivity index (χ3v) is 6.89. The van der Waals surface area contributed by atoms with Crippen LogP contribution in [-0.2, 0) is 4.79 Å². The van der Waals surface area contributed by atoms with Gasteiger partial charge in [0.2, 0.25) is 5.91 Å². The van der Waals surface area contributed by atoms with E-state index in [4.69, 9.17) is 9.47 Å². The van der Waals surface area contributed by atoms with Gasteiger partial charge in [-0.1, -0.05) is 43.8 Å². The van der Waals surface area contributed by atoms with Gasteiger partial charge in [-0.25, -0.2) is 4.98 Å². The fourth-order valence-corrected chi connectivity index (χ4v) is 5.14. The first-order chi connectivity index (χ1) is 14.1. The predicted octanol–water partition coefficient (Wildman–Crippen LogP) is 5.06. The standard InChI is InChI=1S/C22H24N2O3S2/c1-14(2)21(15-8-9-17-18(12-15)27-11-5-10-26-17)24-20(25)13-28-22-23-16-6-3-4-7-19(16)29-22/h3-4,6-9,12,14,21H,5,10-11,13H2,1-2H3,(H,24,25)/t21-/m0/s1. The number of carbonyl (C=O) groups excluding carboxylic acids is 1. The average molecular weight is 429 g/mol. The van der Waals surface area contributed by atoms with Gasteiger partial charge >= 0.3 is 0 Å². The molecule has 3 aromatic rings. The first-order valence-electron chi connectivity index (χ1n) is 9.77.